The van der Waals surface area contributed by atoms with E-state index in [-0.39, 0.29) is 0 Å². The van der Waals surface area contributed by atoms with Gasteiger partial charge < -0.3 is 4.90 Å². The summed E-state index contributed by atoms with van der Waals surface area (Å²) in [5, 5.41) is 0. The first kappa shape index (κ1) is 15.9. The number of rotatable bonds is 10. The summed E-state index contributed by atoms with van der Waals surface area (Å²) in [4.78, 5) is 11.2. The van der Waals surface area contributed by atoms with Gasteiger partial charge in [0.15, 0.2) is 0 Å². The van der Waals surface area contributed by atoms with Crippen molar-refractivity contribution in [3.05, 3.63) is 18.1 Å². The Morgan fingerprint density at radius 1 is 0.947 bits per heavy atom. The number of unbranched alkanes of at least 4 members (excludes halogenated alkanes) is 3. The van der Waals surface area contributed by atoms with Crippen LogP contribution in [0.4, 0.5) is 5.82 Å². The first-order valence-corrected chi connectivity index (χ1v) is 7.87. The van der Waals surface area contributed by atoms with Crippen LogP contribution in [-0.4, -0.2) is 23.1 Å². The van der Waals surface area contributed by atoms with Gasteiger partial charge in [0.2, 0.25) is 0 Å². The Kier molecular flexibility index (Phi) is 8.19. The molecule has 108 valence electrons. The summed E-state index contributed by atoms with van der Waals surface area (Å²) in [5.74, 6) is 1.17. The molecule has 0 bridgehead atoms. The van der Waals surface area contributed by atoms with Crippen molar-refractivity contribution in [3.63, 3.8) is 0 Å². The van der Waals surface area contributed by atoms with Gasteiger partial charge in [0.1, 0.15) is 12.1 Å². The summed E-state index contributed by atoms with van der Waals surface area (Å²) in [5.41, 5.74) is 1.32. The van der Waals surface area contributed by atoms with Gasteiger partial charge in [-0.1, -0.05) is 40.0 Å². The third-order valence-electron chi connectivity index (χ3n) is 3.43. The molecule has 1 aromatic heterocycles. The molecule has 0 aliphatic rings. The molecule has 1 heterocycles. The third kappa shape index (κ3) is 5.58. The molecule has 3 heteroatoms. The molecule has 1 aromatic rings. The van der Waals surface area contributed by atoms with Gasteiger partial charge in [0, 0.05) is 24.8 Å². The normalized spacial score (nSPS) is 10.7. The fraction of sp³-hybridized carbons (Fsp3) is 0.750. The Hall–Kier alpha value is -1.12. The maximum absolute atomic E-state index is 4.55. The van der Waals surface area contributed by atoms with E-state index in [9.17, 15) is 0 Å². The Balaban J connectivity index is 2.79. The summed E-state index contributed by atoms with van der Waals surface area (Å²) in [6.45, 7) is 8.96. The summed E-state index contributed by atoms with van der Waals surface area (Å²) < 4.78 is 0. The van der Waals surface area contributed by atoms with Crippen LogP contribution in [0, 0.1) is 0 Å². The van der Waals surface area contributed by atoms with E-state index in [0.29, 0.717) is 0 Å². The predicted octanol–water partition coefficient (Wildman–Crippen LogP) is 4.23. The zero-order chi connectivity index (χ0) is 13.9. The van der Waals surface area contributed by atoms with Crippen LogP contribution in [0.3, 0.4) is 0 Å². The molecule has 0 atom stereocenters. The molecular formula is C16H29N3. The lowest BCUT2D eigenvalue weighted by Crippen LogP contribution is -2.27. The molecule has 0 saturated carbocycles. The average molecular weight is 263 g/mol. The van der Waals surface area contributed by atoms with Crippen molar-refractivity contribution in [2.75, 3.05) is 18.0 Å². The molecule has 19 heavy (non-hydrogen) atoms. The fourth-order valence-electron chi connectivity index (χ4n) is 2.20. The molecule has 0 unspecified atom stereocenters. The Bertz CT molecular complexity index is 331. The van der Waals surface area contributed by atoms with Crippen LogP contribution in [0.1, 0.15) is 64.9 Å². The third-order valence-corrected chi connectivity index (χ3v) is 3.43. The zero-order valence-corrected chi connectivity index (χ0v) is 12.9. The number of hydrogen-bond acceptors (Lipinski definition) is 3. The Morgan fingerprint density at radius 3 is 2.16 bits per heavy atom. The average Bonchev–Trinajstić information content (AvgIpc) is 2.46. The molecule has 0 aromatic carbocycles. The summed E-state index contributed by atoms with van der Waals surface area (Å²) >= 11 is 0. The number of aromatic nitrogens is 2. The molecule has 0 aliphatic carbocycles. The quantitative estimate of drug-likeness (QED) is 0.632. The number of aryl methyl sites for hydroxylation is 1. The maximum atomic E-state index is 4.55. The van der Waals surface area contributed by atoms with Gasteiger partial charge in [-0.25, -0.2) is 9.97 Å². The lowest BCUT2D eigenvalue weighted by atomic mass is 10.1. The monoisotopic (exact) mass is 263 g/mol. The van der Waals surface area contributed by atoms with Crippen LogP contribution in [-0.2, 0) is 6.42 Å². The molecule has 1 rings (SSSR count). The summed E-state index contributed by atoms with van der Waals surface area (Å²) in [6, 6.07) is 0. The highest BCUT2D eigenvalue weighted by atomic mass is 15.2. The van der Waals surface area contributed by atoms with Crippen molar-refractivity contribution in [2.45, 2.75) is 65.7 Å². The molecule has 0 spiro atoms. The van der Waals surface area contributed by atoms with Crippen molar-refractivity contribution >= 4 is 5.82 Å². The van der Waals surface area contributed by atoms with Crippen LogP contribution in [0.15, 0.2) is 12.5 Å². The topological polar surface area (TPSA) is 29.0 Å². The van der Waals surface area contributed by atoms with Crippen LogP contribution in [0.5, 0.6) is 0 Å². The van der Waals surface area contributed by atoms with Crippen LogP contribution in [0.25, 0.3) is 0 Å². The minimum atomic E-state index is 1.10. The molecule has 0 N–H and O–H groups in total. The van der Waals surface area contributed by atoms with E-state index in [1.165, 1.54) is 49.9 Å². The Labute approximate surface area is 118 Å². The second-order valence-electron chi connectivity index (χ2n) is 5.17. The highest BCUT2D eigenvalue weighted by Crippen LogP contribution is 2.19. The fourth-order valence-corrected chi connectivity index (χ4v) is 2.20. The Morgan fingerprint density at radius 2 is 1.58 bits per heavy atom. The standard InChI is InChI=1S/C16H29N3/c1-4-7-10-15-13-17-14-18-16(15)19(11-8-5-2)12-9-6-3/h13-14H,4-12H2,1-3H3. The van der Waals surface area contributed by atoms with E-state index < -0.39 is 0 Å². The number of nitrogens with zero attached hydrogens (tertiary/aromatic N) is 3. The number of anilines is 1. The van der Waals surface area contributed by atoms with Gasteiger partial charge in [0.05, 0.1) is 0 Å². The van der Waals surface area contributed by atoms with E-state index in [1.807, 2.05) is 6.20 Å². The minimum absolute atomic E-state index is 1.10. The molecule has 0 fully saturated rings. The van der Waals surface area contributed by atoms with Gasteiger partial charge in [-0.3, -0.25) is 0 Å². The minimum Gasteiger partial charge on any atom is -0.356 e. The van der Waals surface area contributed by atoms with E-state index in [4.69, 9.17) is 0 Å². The molecule has 0 radical (unpaired) electrons. The first-order valence-electron chi connectivity index (χ1n) is 7.87. The molecule has 0 saturated heterocycles. The highest BCUT2D eigenvalue weighted by Gasteiger charge is 2.11. The number of hydrogen-bond donors (Lipinski definition) is 0. The second kappa shape index (κ2) is 9.76. The lowest BCUT2D eigenvalue weighted by Gasteiger charge is -2.25. The van der Waals surface area contributed by atoms with Crippen molar-refractivity contribution < 1.29 is 0 Å². The predicted molar refractivity (Wildman–Crippen MR) is 82.7 cm³/mol. The van der Waals surface area contributed by atoms with Crippen molar-refractivity contribution in [1.29, 1.82) is 0 Å². The smallest absolute Gasteiger partial charge is 0.135 e. The largest absolute Gasteiger partial charge is 0.356 e. The molecule has 3 nitrogen and oxygen atoms in total. The van der Waals surface area contributed by atoms with Gasteiger partial charge in [0.25, 0.3) is 0 Å². The van der Waals surface area contributed by atoms with Crippen LogP contribution in [0.2, 0.25) is 0 Å². The highest BCUT2D eigenvalue weighted by molar-refractivity contribution is 5.45. The lowest BCUT2D eigenvalue weighted by molar-refractivity contribution is 0.663. The van der Waals surface area contributed by atoms with E-state index in [0.717, 1.165) is 19.5 Å². The van der Waals surface area contributed by atoms with Crippen molar-refractivity contribution in [1.82, 2.24) is 9.97 Å². The van der Waals surface area contributed by atoms with Gasteiger partial charge in [-0.2, -0.15) is 0 Å². The van der Waals surface area contributed by atoms with Crippen molar-refractivity contribution in [2.24, 2.45) is 0 Å². The van der Waals surface area contributed by atoms with Crippen LogP contribution >= 0.6 is 0 Å². The van der Waals surface area contributed by atoms with Gasteiger partial charge >= 0.3 is 0 Å². The summed E-state index contributed by atoms with van der Waals surface area (Å²) in [7, 11) is 0. The molecular weight excluding hydrogens is 234 g/mol. The molecule has 0 aliphatic heterocycles. The first-order chi connectivity index (χ1) is 9.33. The van der Waals surface area contributed by atoms with Gasteiger partial charge in [-0.05, 0) is 25.7 Å². The van der Waals surface area contributed by atoms with Crippen molar-refractivity contribution in [3.8, 4) is 0 Å². The zero-order valence-electron chi connectivity index (χ0n) is 12.9. The van der Waals surface area contributed by atoms with E-state index >= 15 is 0 Å². The molecule has 0 amide bonds. The van der Waals surface area contributed by atoms with E-state index in [2.05, 4.69) is 35.6 Å². The summed E-state index contributed by atoms with van der Waals surface area (Å²) in [6.07, 6.45) is 12.2. The van der Waals surface area contributed by atoms with E-state index in [1.54, 1.807) is 6.33 Å². The van der Waals surface area contributed by atoms with Gasteiger partial charge in [-0.15, -0.1) is 0 Å². The van der Waals surface area contributed by atoms with Crippen LogP contribution < -0.4 is 4.90 Å². The SMILES string of the molecule is CCCCc1cncnc1N(CCCC)CCCC. The maximum Gasteiger partial charge on any atom is 0.135 e. The second-order valence-corrected chi connectivity index (χ2v) is 5.17.